The summed E-state index contributed by atoms with van der Waals surface area (Å²) in [5.41, 5.74) is -0.312. The van der Waals surface area contributed by atoms with E-state index >= 15 is 0 Å². The minimum atomic E-state index is -1.03. The molecule has 0 aliphatic carbocycles. The lowest BCUT2D eigenvalue weighted by Crippen LogP contribution is -2.43. The Bertz CT molecular complexity index is 893. The number of nitrogens with one attached hydrogen (secondary N) is 1. The van der Waals surface area contributed by atoms with E-state index in [9.17, 15) is 14.4 Å². The molecule has 0 saturated carbocycles. The molecule has 1 amide bonds. The summed E-state index contributed by atoms with van der Waals surface area (Å²) in [7, 11) is 1.35. The number of aliphatic imine (C=N–C) groups is 1. The van der Waals surface area contributed by atoms with Gasteiger partial charge in [0.25, 0.3) is 5.91 Å². The number of para-hydroxylation sites is 1. The van der Waals surface area contributed by atoms with Gasteiger partial charge in [0.2, 0.25) is 5.76 Å². The van der Waals surface area contributed by atoms with E-state index in [4.69, 9.17) is 18.9 Å². The number of benzene rings is 1. The first-order chi connectivity index (χ1) is 15.7. The maximum Gasteiger partial charge on any atom is 0.328 e. The fraction of sp³-hybridized carbons (Fsp3) is 0.417. The third-order valence-corrected chi connectivity index (χ3v) is 4.50. The second-order valence-corrected chi connectivity index (χ2v) is 7.00. The van der Waals surface area contributed by atoms with Gasteiger partial charge in [-0.25, -0.2) is 4.79 Å². The van der Waals surface area contributed by atoms with Gasteiger partial charge in [0, 0.05) is 6.92 Å². The molecule has 9 nitrogen and oxygen atoms in total. The number of amides is 1. The minimum absolute atomic E-state index is 0.107. The molecular weight excluding hydrogens is 428 g/mol. The van der Waals surface area contributed by atoms with Crippen LogP contribution >= 0.6 is 0 Å². The average molecular weight is 461 g/mol. The Labute approximate surface area is 194 Å². The third-order valence-electron chi connectivity index (χ3n) is 4.50. The average Bonchev–Trinajstić information content (AvgIpc) is 2.78. The largest absolute Gasteiger partial charge is 0.493 e. The smallest absolute Gasteiger partial charge is 0.328 e. The maximum atomic E-state index is 12.8. The van der Waals surface area contributed by atoms with E-state index in [0.29, 0.717) is 12.2 Å². The first kappa shape index (κ1) is 27.4. The van der Waals surface area contributed by atoms with Gasteiger partial charge in [-0.15, -0.1) is 0 Å². The van der Waals surface area contributed by atoms with E-state index in [-0.39, 0.29) is 17.2 Å². The highest BCUT2D eigenvalue weighted by molar-refractivity contribution is 5.97. The molecule has 0 aromatic heterocycles. The molecule has 0 radical (unpaired) electrons. The number of methoxy groups -OCH3 is 1. The zero-order valence-electron chi connectivity index (χ0n) is 19.9. The van der Waals surface area contributed by atoms with Gasteiger partial charge < -0.3 is 24.3 Å². The van der Waals surface area contributed by atoms with E-state index in [0.717, 1.165) is 0 Å². The van der Waals surface area contributed by atoms with Crippen molar-refractivity contribution in [1.82, 2.24) is 5.32 Å². The molecule has 1 aromatic rings. The molecule has 0 aliphatic rings. The Morgan fingerprint density at radius 3 is 2.30 bits per heavy atom. The normalized spacial score (nSPS) is 14.7. The van der Waals surface area contributed by atoms with E-state index in [1.165, 1.54) is 27.0 Å². The highest BCUT2D eigenvalue weighted by Crippen LogP contribution is 2.20. The molecular formula is C24H32N2O7. The first-order valence-corrected chi connectivity index (χ1v) is 10.5. The van der Waals surface area contributed by atoms with Gasteiger partial charge in [0.1, 0.15) is 24.0 Å². The van der Waals surface area contributed by atoms with Crippen molar-refractivity contribution < 1.29 is 33.3 Å². The van der Waals surface area contributed by atoms with Gasteiger partial charge in [-0.05, 0) is 52.1 Å². The quantitative estimate of drug-likeness (QED) is 0.167. The lowest BCUT2D eigenvalue weighted by Gasteiger charge is -2.25. The molecule has 0 spiro atoms. The molecule has 1 rings (SSSR count). The minimum Gasteiger partial charge on any atom is -0.493 e. The van der Waals surface area contributed by atoms with Crippen LogP contribution in [0.2, 0.25) is 0 Å². The van der Waals surface area contributed by atoms with Crippen molar-refractivity contribution in [2.24, 2.45) is 4.99 Å². The summed E-state index contributed by atoms with van der Waals surface area (Å²) in [5.74, 6) is -1.57. The van der Waals surface area contributed by atoms with Crippen LogP contribution in [0.15, 0.2) is 58.6 Å². The fourth-order valence-corrected chi connectivity index (χ4v) is 2.82. The molecule has 33 heavy (non-hydrogen) atoms. The predicted octanol–water partition coefficient (Wildman–Crippen LogP) is 3.31. The highest BCUT2D eigenvalue weighted by atomic mass is 16.6. The predicted molar refractivity (Wildman–Crippen MR) is 123 cm³/mol. The van der Waals surface area contributed by atoms with Gasteiger partial charge in [0.15, 0.2) is 11.5 Å². The molecule has 0 unspecified atom stereocenters. The van der Waals surface area contributed by atoms with Crippen LogP contribution in [0.5, 0.6) is 5.75 Å². The monoisotopic (exact) mass is 460 g/mol. The molecule has 9 heteroatoms. The Hall–Kier alpha value is -3.62. The van der Waals surface area contributed by atoms with Crippen molar-refractivity contribution in [2.45, 2.75) is 59.3 Å². The number of ether oxygens (including phenoxy) is 4. The number of allylic oxidation sites excluding steroid dienone is 1. The van der Waals surface area contributed by atoms with Crippen LogP contribution in [0, 0.1) is 0 Å². The first-order valence-electron chi connectivity index (χ1n) is 10.5. The SMILES string of the molecule is C=N/C(C(=O)N[C@@H](C)C(=O)O[C@@H](CC)[C@@H](C)Oc1ccccc1)=C(OC(C)=O)\C(=C/C)OC. The van der Waals surface area contributed by atoms with Gasteiger partial charge in [-0.2, -0.15) is 0 Å². The second-order valence-electron chi connectivity index (χ2n) is 7.00. The van der Waals surface area contributed by atoms with Crippen LogP contribution in [0.25, 0.3) is 0 Å². The Morgan fingerprint density at radius 2 is 1.82 bits per heavy atom. The number of carbonyl (C=O) groups excluding carboxylic acids is 3. The van der Waals surface area contributed by atoms with E-state index in [2.05, 4.69) is 17.0 Å². The molecule has 180 valence electrons. The molecule has 0 saturated heterocycles. The second kappa shape index (κ2) is 13.7. The molecule has 3 atom stereocenters. The van der Waals surface area contributed by atoms with Crippen LogP contribution in [0.1, 0.15) is 41.0 Å². The lowest BCUT2D eigenvalue weighted by molar-refractivity contribution is -0.156. The fourth-order valence-electron chi connectivity index (χ4n) is 2.82. The Kier molecular flexibility index (Phi) is 11.4. The zero-order valence-corrected chi connectivity index (χ0v) is 19.9. The molecule has 0 aliphatic heterocycles. The van der Waals surface area contributed by atoms with Gasteiger partial charge >= 0.3 is 11.9 Å². The van der Waals surface area contributed by atoms with Crippen molar-refractivity contribution in [2.75, 3.05) is 7.11 Å². The summed E-state index contributed by atoms with van der Waals surface area (Å²) in [4.78, 5) is 40.6. The van der Waals surface area contributed by atoms with Crippen molar-refractivity contribution in [1.29, 1.82) is 0 Å². The number of esters is 2. The zero-order chi connectivity index (χ0) is 25.0. The number of hydrogen-bond donors (Lipinski definition) is 1. The summed E-state index contributed by atoms with van der Waals surface area (Å²) in [5, 5.41) is 2.49. The molecule has 0 heterocycles. The Balaban J connectivity index is 2.94. The van der Waals surface area contributed by atoms with Gasteiger partial charge in [-0.1, -0.05) is 25.1 Å². The van der Waals surface area contributed by atoms with E-state index < -0.39 is 36.1 Å². The van der Waals surface area contributed by atoms with Crippen LogP contribution in [0.3, 0.4) is 0 Å². The van der Waals surface area contributed by atoms with Crippen molar-refractivity contribution in [3.05, 3.63) is 53.6 Å². The van der Waals surface area contributed by atoms with E-state index in [1.54, 1.807) is 13.8 Å². The maximum absolute atomic E-state index is 12.8. The van der Waals surface area contributed by atoms with Crippen molar-refractivity contribution in [3.63, 3.8) is 0 Å². The van der Waals surface area contributed by atoms with Crippen LogP contribution < -0.4 is 10.1 Å². The summed E-state index contributed by atoms with van der Waals surface area (Å²) < 4.78 is 21.6. The van der Waals surface area contributed by atoms with Gasteiger partial charge in [0.05, 0.1) is 7.11 Å². The number of nitrogens with zero attached hydrogens (tertiary/aromatic N) is 1. The topological polar surface area (TPSA) is 113 Å². The number of hydrogen-bond acceptors (Lipinski definition) is 8. The molecule has 0 fully saturated rings. The van der Waals surface area contributed by atoms with Crippen LogP contribution in [-0.4, -0.2) is 49.9 Å². The van der Waals surface area contributed by atoms with Crippen LogP contribution in [0.4, 0.5) is 0 Å². The standard InChI is InChI=1S/C24H32N2O7/c1-8-19(16(4)31-18-13-11-10-12-14-18)33-24(29)15(3)26-23(28)21(25-6)22(32-17(5)27)20(9-2)30-7/h9-16,19H,6,8H2,1-5,7H3,(H,26,28)/b20-9+,22-21+/t15-,16+,19-/m0/s1. The third kappa shape index (κ3) is 8.44. The molecule has 1 aromatic carbocycles. The summed E-state index contributed by atoms with van der Waals surface area (Å²) >= 11 is 0. The van der Waals surface area contributed by atoms with Gasteiger partial charge in [-0.3, -0.25) is 14.6 Å². The molecule has 1 N–H and O–H groups in total. The Morgan fingerprint density at radius 1 is 1.18 bits per heavy atom. The highest BCUT2D eigenvalue weighted by Gasteiger charge is 2.28. The number of rotatable bonds is 12. The van der Waals surface area contributed by atoms with Crippen LogP contribution in [-0.2, 0) is 28.6 Å². The summed E-state index contributed by atoms with van der Waals surface area (Å²) in [6, 6.07) is 8.16. The van der Waals surface area contributed by atoms with Crippen molar-refractivity contribution in [3.8, 4) is 5.75 Å². The summed E-state index contributed by atoms with van der Waals surface area (Å²) in [6.45, 7) is 11.3. The van der Waals surface area contributed by atoms with E-state index in [1.807, 2.05) is 37.3 Å². The van der Waals surface area contributed by atoms with Crippen molar-refractivity contribution >= 4 is 24.6 Å². The summed E-state index contributed by atoms with van der Waals surface area (Å²) in [6.07, 6.45) is 1.05. The lowest BCUT2D eigenvalue weighted by atomic mass is 10.1. The number of carbonyl (C=O) groups is 3. The molecule has 0 bridgehead atoms.